The lowest BCUT2D eigenvalue weighted by atomic mass is 9.97. The van der Waals surface area contributed by atoms with Gasteiger partial charge in [-0.05, 0) is 12.5 Å². The fraction of sp³-hybridized carbons (Fsp3) is 0.667. The van der Waals surface area contributed by atoms with Gasteiger partial charge in [-0.1, -0.05) is 6.92 Å². The van der Waals surface area contributed by atoms with Crippen molar-refractivity contribution in [1.82, 2.24) is 20.4 Å². The number of rotatable bonds is 3. The molecule has 2 fully saturated rings. The number of carbonyl (C=O) groups excluding carboxylic acids is 1. The van der Waals surface area contributed by atoms with Gasteiger partial charge in [0, 0.05) is 25.7 Å². The quantitative estimate of drug-likeness (QED) is 0.695. The molecule has 0 aromatic carbocycles. The summed E-state index contributed by atoms with van der Waals surface area (Å²) in [5, 5.41) is 13.7. The average Bonchev–Trinajstić information content (AvgIpc) is 2.86. The molecule has 2 atom stereocenters. The van der Waals surface area contributed by atoms with Crippen molar-refractivity contribution in [2.24, 2.45) is 11.8 Å². The summed E-state index contributed by atoms with van der Waals surface area (Å²) in [5.41, 5.74) is 0. The topological polar surface area (TPSA) is 71.0 Å². The summed E-state index contributed by atoms with van der Waals surface area (Å²) < 4.78 is 1.90. The Morgan fingerprint density at radius 2 is 2.17 bits per heavy atom. The van der Waals surface area contributed by atoms with Crippen LogP contribution in [-0.4, -0.2) is 41.9 Å². The van der Waals surface area contributed by atoms with Crippen LogP contribution in [0.2, 0.25) is 0 Å². The molecule has 0 aliphatic carbocycles. The molecule has 1 aromatic rings. The van der Waals surface area contributed by atoms with Crippen LogP contribution in [0.5, 0.6) is 0 Å². The lowest BCUT2D eigenvalue weighted by molar-refractivity contribution is -0.120. The summed E-state index contributed by atoms with van der Waals surface area (Å²) in [6, 6.07) is 2.23. The minimum Gasteiger partial charge on any atom is -0.316 e. The van der Waals surface area contributed by atoms with E-state index >= 15 is 0 Å². The fourth-order valence-electron chi connectivity index (χ4n) is 2.53. The second kappa shape index (κ2) is 4.70. The number of amides is 1. The maximum atomic E-state index is 12.2. The number of carbonyl (C=O) groups is 1. The Hall–Kier alpha value is -1.40. The second-order valence-corrected chi connectivity index (χ2v) is 5.20. The van der Waals surface area contributed by atoms with Crippen molar-refractivity contribution in [3.8, 4) is 0 Å². The third-order valence-electron chi connectivity index (χ3n) is 3.88. The van der Waals surface area contributed by atoms with Gasteiger partial charge in [-0.3, -0.25) is 4.79 Å². The highest BCUT2D eigenvalue weighted by Crippen LogP contribution is 2.21. The first-order chi connectivity index (χ1) is 8.75. The third-order valence-corrected chi connectivity index (χ3v) is 3.88. The van der Waals surface area contributed by atoms with Crippen molar-refractivity contribution in [2.45, 2.75) is 13.0 Å². The van der Waals surface area contributed by atoms with E-state index in [4.69, 9.17) is 0 Å². The van der Waals surface area contributed by atoms with E-state index in [2.05, 4.69) is 28.0 Å². The number of aromatic nitrogens is 2. The maximum absolute atomic E-state index is 12.2. The zero-order chi connectivity index (χ0) is 12.5. The molecule has 1 aromatic heterocycles. The monoisotopic (exact) mass is 249 g/mol. The molecule has 0 spiro atoms. The van der Waals surface area contributed by atoms with Crippen molar-refractivity contribution >= 4 is 11.7 Å². The van der Waals surface area contributed by atoms with E-state index in [1.807, 2.05) is 10.7 Å². The van der Waals surface area contributed by atoms with E-state index in [0.29, 0.717) is 12.0 Å². The molecule has 18 heavy (non-hydrogen) atoms. The Kier molecular flexibility index (Phi) is 3.05. The molecule has 0 radical (unpaired) electrons. The van der Waals surface area contributed by atoms with Crippen LogP contribution in [0, 0.1) is 11.8 Å². The molecule has 2 aliphatic rings. The highest BCUT2D eigenvalue weighted by molar-refractivity contribution is 5.92. The predicted molar refractivity (Wildman–Crippen MR) is 68.3 cm³/mol. The molecule has 3 heterocycles. The number of nitrogens with one attached hydrogen (secondary N) is 3. The van der Waals surface area contributed by atoms with Crippen molar-refractivity contribution in [2.75, 3.05) is 31.5 Å². The Morgan fingerprint density at radius 3 is 2.78 bits per heavy atom. The van der Waals surface area contributed by atoms with E-state index in [0.717, 1.165) is 32.0 Å². The zero-order valence-corrected chi connectivity index (χ0v) is 10.5. The van der Waals surface area contributed by atoms with Crippen LogP contribution in [0.25, 0.3) is 0 Å². The maximum Gasteiger partial charge on any atom is 0.230 e. The van der Waals surface area contributed by atoms with Gasteiger partial charge in [0.2, 0.25) is 5.91 Å². The second-order valence-electron chi connectivity index (χ2n) is 5.20. The van der Waals surface area contributed by atoms with Gasteiger partial charge < -0.3 is 16.0 Å². The van der Waals surface area contributed by atoms with Gasteiger partial charge in [0.05, 0.1) is 18.2 Å². The van der Waals surface area contributed by atoms with E-state index in [1.165, 1.54) is 0 Å². The standard InChI is InChI=1S/C12H19N5O/c1-8-4-13-7-10(8)12(18)16-11-2-3-15-17(11)9-5-14-6-9/h2-3,8-10,13-14H,4-7H2,1H3,(H,16,18)/t8-,10-/m1/s1. The van der Waals surface area contributed by atoms with Gasteiger partial charge in [-0.15, -0.1) is 0 Å². The zero-order valence-electron chi connectivity index (χ0n) is 10.5. The summed E-state index contributed by atoms with van der Waals surface area (Å²) in [6.07, 6.45) is 1.74. The highest BCUT2D eigenvalue weighted by atomic mass is 16.2. The number of hydrogen-bond donors (Lipinski definition) is 3. The molecule has 3 rings (SSSR count). The fourth-order valence-corrected chi connectivity index (χ4v) is 2.53. The molecule has 6 heteroatoms. The molecular formula is C12H19N5O. The normalized spacial score (nSPS) is 28.1. The lowest BCUT2D eigenvalue weighted by Gasteiger charge is -2.29. The molecule has 0 saturated carbocycles. The number of anilines is 1. The lowest BCUT2D eigenvalue weighted by Crippen LogP contribution is -2.44. The largest absolute Gasteiger partial charge is 0.316 e. The van der Waals surface area contributed by atoms with Crippen LogP contribution in [0.1, 0.15) is 13.0 Å². The van der Waals surface area contributed by atoms with Gasteiger partial charge in [-0.25, -0.2) is 4.68 Å². The van der Waals surface area contributed by atoms with Crippen LogP contribution in [0.15, 0.2) is 12.3 Å². The van der Waals surface area contributed by atoms with Gasteiger partial charge in [0.25, 0.3) is 0 Å². The summed E-state index contributed by atoms with van der Waals surface area (Å²) in [5.74, 6) is 1.37. The minimum atomic E-state index is 0.0628. The molecule has 1 amide bonds. The van der Waals surface area contributed by atoms with E-state index in [-0.39, 0.29) is 11.8 Å². The first-order valence-electron chi connectivity index (χ1n) is 6.51. The molecule has 98 valence electrons. The van der Waals surface area contributed by atoms with Gasteiger partial charge in [0.15, 0.2) is 0 Å². The summed E-state index contributed by atoms with van der Waals surface area (Å²) in [7, 11) is 0. The summed E-state index contributed by atoms with van der Waals surface area (Å²) in [4.78, 5) is 12.2. The number of nitrogens with zero attached hydrogens (tertiary/aromatic N) is 2. The van der Waals surface area contributed by atoms with Crippen molar-refractivity contribution in [3.63, 3.8) is 0 Å². The molecule has 6 nitrogen and oxygen atoms in total. The van der Waals surface area contributed by atoms with Crippen LogP contribution in [-0.2, 0) is 4.79 Å². The van der Waals surface area contributed by atoms with Gasteiger partial charge in [0.1, 0.15) is 5.82 Å². The SMILES string of the molecule is C[C@@H]1CNC[C@H]1C(=O)Nc1ccnn1C1CNC1. The molecule has 3 N–H and O–H groups in total. The first kappa shape index (κ1) is 11.7. The molecule has 0 unspecified atom stereocenters. The van der Waals surface area contributed by atoms with E-state index in [9.17, 15) is 4.79 Å². The molecule has 0 bridgehead atoms. The smallest absolute Gasteiger partial charge is 0.230 e. The molecule has 2 saturated heterocycles. The van der Waals surface area contributed by atoms with Crippen LogP contribution >= 0.6 is 0 Å². The Morgan fingerprint density at radius 1 is 1.39 bits per heavy atom. The Bertz CT molecular complexity index is 439. The van der Waals surface area contributed by atoms with Crippen molar-refractivity contribution in [1.29, 1.82) is 0 Å². The van der Waals surface area contributed by atoms with Crippen LogP contribution in [0.4, 0.5) is 5.82 Å². The van der Waals surface area contributed by atoms with Gasteiger partial charge >= 0.3 is 0 Å². The third kappa shape index (κ3) is 2.02. The molecule has 2 aliphatic heterocycles. The van der Waals surface area contributed by atoms with Crippen LogP contribution in [0.3, 0.4) is 0 Å². The predicted octanol–water partition coefficient (Wildman–Crippen LogP) is -0.179. The first-order valence-corrected chi connectivity index (χ1v) is 6.51. The van der Waals surface area contributed by atoms with Gasteiger partial charge in [-0.2, -0.15) is 5.10 Å². The van der Waals surface area contributed by atoms with E-state index < -0.39 is 0 Å². The van der Waals surface area contributed by atoms with E-state index in [1.54, 1.807) is 6.20 Å². The van der Waals surface area contributed by atoms with Crippen molar-refractivity contribution < 1.29 is 4.79 Å². The highest BCUT2D eigenvalue weighted by Gasteiger charge is 2.30. The minimum absolute atomic E-state index is 0.0628. The Labute approximate surface area is 106 Å². The summed E-state index contributed by atoms with van der Waals surface area (Å²) >= 11 is 0. The summed E-state index contributed by atoms with van der Waals surface area (Å²) in [6.45, 7) is 5.64. The average molecular weight is 249 g/mol. The number of hydrogen-bond acceptors (Lipinski definition) is 4. The van der Waals surface area contributed by atoms with Crippen molar-refractivity contribution in [3.05, 3.63) is 12.3 Å². The van der Waals surface area contributed by atoms with Crippen LogP contribution < -0.4 is 16.0 Å². The Balaban J connectivity index is 1.68. The molecular weight excluding hydrogens is 230 g/mol.